The first kappa shape index (κ1) is 16.7. The lowest BCUT2D eigenvalue weighted by Gasteiger charge is -2.26. The second-order valence-electron chi connectivity index (χ2n) is 6.61. The average molecular weight is 326 g/mol. The first-order valence-corrected chi connectivity index (χ1v) is 8.79. The van der Waals surface area contributed by atoms with Crippen LogP contribution in [0.5, 0.6) is 0 Å². The zero-order valence-electron chi connectivity index (χ0n) is 14.4. The third kappa shape index (κ3) is 4.93. The van der Waals surface area contributed by atoms with Crippen molar-refractivity contribution in [2.24, 2.45) is 0 Å². The van der Waals surface area contributed by atoms with Gasteiger partial charge < -0.3 is 5.32 Å². The van der Waals surface area contributed by atoms with E-state index in [4.69, 9.17) is 0 Å². The number of likely N-dealkylation sites (tertiary alicyclic amines) is 1. The van der Waals surface area contributed by atoms with E-state index in [1.165, 1.54) is 37.9 Å². The number of rotatable bonds is 6. The highest BCUT2D eigenvalue weighted by Gasteiger charge is 2.10. The molecular weight excluding hydrogens is 300 g/mol. The van der Waals surface area contributed by atoms with Gasteiger partial charge in [0.15, 0.2) is 0 Å². The number of piperidine rings is 1. The number of nitrogens with one attached hydrogen (secondary N) is 1. The number of anilines is 1. The van der Waals surface area contributed by atoms with E-state index in [0.29, 0.717) is 13.0 Å². The van der Waals surface area contributed by atoms with Crippen LogP contribution in [0.3, 0.4) is 0 Å². The van der Waals surface area contributed by atoms with Crippen LogP contribution in [0.15, 0.2) is 36.7 Å². The number of benzene rings is 1. The van der Waals surface area contributed by atoms with Crippen LogP contribution >= 0.6 is 0 Å². The van der Waals surface area contributed by atoms with Gasteiger partial charge in [-0.2, -0.15) is 5.10 Å². The summed E-state index contributed by atoms with van der Waals surface area (Å²) in [6, 6.07) is 8.21. The summed E-state index contributed by atoms with van der Waals surface area (Å²) in [5.74, 6) is 0.0203. The lowest BCUT2D eigenvalue weighted by atomic mass is 10.1. The molecule has 128 valence electrons. The SMILES string of the molecule is Cc1cnn(CCC(=O)Nc2ccc(CN3CCCCC3)cc2)c1. The molecule has 1 amide bonds. The van der Waals surface area contributed by atoms with Gasteiger partial charge in [-0.25, -0.2) is 0 Å². The molecule has 24 heavy (non-hydrogen) atoms. The van der Waals surface area contributed by atoms with E-state index in [0.717, 1.165) is 17.8 Å². The molecule has 0 unspecified atom stereocenters. The fraction of sp³-hybridized carbons (Fsp3) is 0.474. The lowest BCUT2D eigenvalue weighted by molar-refractivity contribution is -0.116. The minimum atomic E-state index is 0.0203. The third-order valence-corrected chi connectivity index (χ3v) is 4.42. The molecule has 0 saturated carbocycles. The number of hydrogen-bond acceptors (Lipinski definition) is 3. The Bertz CT molecular complexity index is 656. The summed E-state index contributed by atoms with van der Waals surface area (Å²) >= 11 is 0. The quantitative estimate of drug-likeness (QED) is 0.887. The summed E-state index contributed by atoms with van der Waals surface area (Å²) in [6.07, 6.45) is 8.16. The minimum absolute atomic E-state index is 0.0203. The Morgan fingerprint density at radius 2 is 1.92 bits per heavy atom. The van der Waals surface area contributed by atoms with Gasteiger partial charge in [0.2, 0.25) is 5.91 Å². The Balaban J connectivity index is 1.45. The topological polar surface area (TPSA) is 50.2 Å². The van der Waals surface area contributed by atoms with Crippen LogP contribution in [-0.2, 0) is 17.9 Å². The number of aromatic nitrogens is 2. The number of nitrogens with zero attached hydrogens (tertiary/aromatic N) is 3. The van der Waals surface area contributed by atoms with Gasteiger partial charge in [0.25, 0.3) is 0 Å². The molecule has 1 fully saturated rings. The Hall–Kier alpha value is -2.14. The van der Waals surface area contributed by atoms with Crippen molar-refractivity contribution in [3.63, 3.8) is 0 Å². The maximum atomic E-state index is 12.0. The molecule has 0 aliphatic carbocycles. The van der Waals surface area contributed by atoms with Crippen LogP contribution in [-0.4, -0.2) is 33.7 Å². The highest BCUT2D eigenvalue weighted by molar-refractivity contribution is 5.90. The molecular formula is C19H26N4O. The smallest absolute Gasteiger partial charge is 0.226 e. The predicted molar refractivity (Wildman–Crippen MR) is 95.8 cm³/mol. The summed E-state index contributed by atoms with van der Waals surface area (Å²) in [5.41, 5.74) is 3.28. The summed E-state index contributed by atoms with van der Waals surface area (Å²) in [6.45, 7) is 6.01. The van der Waals surface area contributed by atoms with Crippen molar-refractivity contribution >= 4 is 11.6 Å². The van der Waals surface area contributed by atoms with Crippen molar-refractivity contribution in [2.45, 2.75) is 45.7 Å². The molecule has 1 saturated heterocycles. The van der Waals surface area contributed by atoms with Gasteiger partial charge in [-0.05, 0) is 56.1 Å². The summed E-state index contributed by atoms with van der Waals surface area (Å²) in [7, 11) is 0. The molecule has 2 aromatic rings. The molecule has 1 aromatic carbocycles. The molecule has 3 rings (SSSR count). The maximum absolute atomic E-state index is 12.0. The van der Waals surface area contributed by atoms with Crippen molar-refractivity contribution in [3.8, 4) is 0 Å². The van der Waals surface area contributed by atoms with Gasteiger partial charge in [-0.1, -0.05) is 18.6 Å². The number of hydrogen-bond donors (Lipinski definition) is 1. The van der Waals surface area contributed by atoms with Crippen molar-refractivity contribution in [1.29, 1.82) is 0 Å². The van der Waals surface area contributed by atoms with E-state index in [1.54, 1.807) is 10.9 Å². The van der Waals surface area contributed by atoms with Gasteiger partial charge in [-0.3, -0.25) is 14.4 Å². The number of carbonyl (C=O) groups excluding carboxylic acids is 1. The van der Waals surface area contributed by atoms with Crippen molar-refractivity contribution < 1.29 is 4.79 Å². The average Bonchev–Trinajstić information content (AvgIpc) is 3.01. The second kappa shape index (κ2) is 8.11. The first-order chi connectivity index (χ1) is 11.7. The van der Waals surface area contributed by atoms with E-state index in [2.05, 4.69) is 27.4 Å². The summed E-state index contributed by atoms with van der Waals surface area (Å²) in [4.78, 5) is 14.5. The van der Waals surface area contributed by atoms with Crippen LogP contribution in [0.1, 0.15) is 36.8 Å². The van der Waals surface area contributed by atoms with E-state index < -0.39 is 0 Å². The normalized spacial score (nSPS) is 15.4. The van der Waals surface area contributed by atoms with Crippen molar-refractivity contribution in [1.82, 2.24) is 14.7 Å². The van der Waals surface area contributed by atoms with Gasteiger partial charge in [0, 0.05) is 31.4 Å². The molecule has 0 radical (unpaired) electrons. The number of amides is 1. The molecule has 5 heteroatoms. The highest BCUT2D eigenvalue weighted by atomic mass is 16.1. The Morgan fingerprint density at radius 3 is 2.58 bits per heavy atom. The lowest BCUT2D eigenvalue weighted by Crippen LogP contribution is -2.29. The van der Waals surface area contributed by atoms with Crippen LogP contribution in [0.4, 0.5) is 5.69 Å². The van der Waals surface area contributed by atoms with Crippen LogP contribution in [0, 0.1) is 6.92 Å². The van der Waals surface area contributed by atoms with Crippen LogP contribution in [0.25, 0.3) is 0 Å². The molecule has 1 aliphatic heterocycles. The number of carbonyl (C=O) groups is 1. The van der Waals surface area contributed by atoms with Crippen molar-refractivity contribution in [2.75, 3.05) is 18.4 Å². The van der Waals surface area contributed by atoms with E-state index in [-0.39, 0.29) is 5.91 Å². The zero-order valence-corrected chi connectivity index (χ0v) is 14.4. The van der Waals surface area contributed by atoms with E-state index >= 15 is 0 Å². The van der Waals surface area contributed by atoms with Gasteiger partial charge in [-0.15, -0.1) is 0 Å². The van der Waals surface area contributed by atoms with Gasteiger partial charge >= 0.3 is 0 Å². The first-order valence-electron chi connectivity index (χ1n) is 8.79. The monoisotopic (exact) mass is 326 g/mol. The molecule has 0 bridgehead atoms. The fourth-order valence-electron chi connectivity index (χ4n) is 3.10. The molecule has 0 atom stereocenters. The standard InChI is InChI=1S/C19H26N4O/c1-16-13-20-23(14-16)12-9-19(24)21-18-7-5-17(6-8-18)15-22-10-3-2-4-11-22/h5-8,13-14H,2-4,9-12,15H2,1H3,(H,21,24). The maximum Gasteiger partial charge on any atom is 0.226 e. The summed E-state index contributed by atoms with van der Waals surface area (Å²) in [5, 5.41) is 7.15. The minimum Gasteiger partial charge on any atom is -0.326 e. The van der Waals surface area contributed by atoms with Gasteiger partial charge in [0.05, 0.1) is 6.20 Å². The summed E-state index contributed by atoms with van der Waals surface area (Å²) < 4.78 is 1.80. The number of aryl methyl sites for hydroxylation is 2. The second-order valence-corrected chi connectivity index (χ2v) is 6.61. The van der Waals surface area contributed by atoms with E-state index in [1.807, 2.05) is 25.3 Å². The van der Waals surface area contributed by atoms with Crippen LogP contribution in [0.2, 0.25) is 0 Å². The Labute approximate surface area is 143 Å². The molecule has 2 heterocycles. The predicted octanol–water partition coefficient (Wildman–Crippen LogP) is 3.21. The third-order valence-electron chi connectivity index (χ3n) is 4.42. The molecule has 1 aromatic heterocycles. The highest BCUT2D eigenvalue weighted by Crippen LogP contribution is 2.15. The Morgan fingerprint density at radius 1 is 1.17 bits per heavy atom. The van der Waals surface area contributed by atoms with E-state index in [9.17, 15) is 4.79 Å². The molecule has 1 aliphatic rings. The van der Waals surface area contributed by atoms with Gasteiger partial charge in [0.1, 0.15) is 0 Å². The molecule has 0 spiro atoms. The fourth-order valence-corrected chi connectivity index (χ4v) is 3.10. The van der Waals surface area contributed by atoms with Crippen molar-refractivity contribution in [3.05, 3.63) is 47.8 Å². The Kier molecular flexibility index (Phi) is 5.64. The van der Waals surface area contributed by atoms with Crippen LogP contribution < -0.4 is 5.32 Å². The zero-order chi connectivity index (χ0) is 16.8. The molecule has 1 N–H and O–H groups in total. The molecule has 5 nitrogen and oxygen atoms in total. The largest absolute Gasteiger partial charge is 0.326 e.